The highest BCUT2D eigenvalue weighted by molar-refractivity contribution is 5.36. The smallest absolute Gasteiger partial charge is 0.0452 e. The maximum absolute atomic E-state index is 2.60. The van der Waals surface area contributed by atoms with Crippen LogP contribution in [0.2, 0.25) is 0 Å². The zero-order valence-corrected chi connectivity index (χ0v) is 15.5. The van der Waals surface area contributed by atoms with Crippen LogP contribution in [0.15, 0.2) is 79.1 Å². The summed E-state index contributed by atoms with van der Waals surface area (Å²) in [6.45, 7) is 7.88. The van der Waals surface area contributed by atoms with Gasteiger partial charge in [-0.1, -0.05) is 42.5 Å². The second kappa shape index (κ2) is 7.90. The molecule has 0 saturated carbocycles. The highest BCUT2D eigenvalue weighted by atomic mass is 15.3. The van der Waals surface area contributed by atoms with E-state index in [9.17, 15) is 0 Å². The van der Waals surface area contributed by atoms with Crippen molar-refractivity contribution < 1.29 is 0 Å². The van der Waals surface area contributed by atoms with E-state index < -0.39 is 0 Å². The lowest BCUT2D eigenvalue weighted by molar-refractivity contribution is 0.0978. The molecule has 0 spiro atoms. The molecule has 0 aliphatic carbocycles. The number of aromatic nitrogens is 1. The zero-order valence-electron chi connectivity index (χ0n) is 15.5. The summed E-state index contributed by atoms with van der Waals surface area (Å²) < 4.78 is 2.17. The molecule has 26 heavy (non-hydrogen) atoms. The van der Waals surface area contributed by atoms with E-state index in [2.05, 4.69) is 100 Å². The molecule has 0 amide bonds. The quantitative estimate of drug-likeness (QED) is 0.681. The first-order valence-corrected chi connectivity index (χ1v) is 9.53. The van der Waals surface area contributed by atoms with E-state index in [-0.39, 0.29) is 0 Å². The molecule has 3 heteroatoms. The summed E-state index contributed by atoms with van der Waals surface area (Å²) >= 11 is 0. The average Bonchev–Trinajstić information content (AvgIpc) is 3.24. The van der Waals surface area contributed by atoms with Crippen LogP contribution in [0.25, 0.3) is 5.69 Å². The van der Waals surface area contributed by atoms with Gasteiger partial charge in [-0.3, -0.25) is 9.80 Å². The predicted octanol–water partition coefficient (Wildman–Crippen LogP) is 4.36. The maximum Gasteiger partial charge on any atom is 0.0452 e. The first-order chi connectivity index (χ1) is 12.8. The molecule has 0 radical (unpaired) electrons. The van der Waals surface area contributed by atoms with Gasteiger partial charge in [-0.2, -0.15) is 0 Å². The van der Waals surface area contributed by atoms with Gasteiger partial charge < -0.3 is 4.57 Å². The molecule has 1 unspecified atom stereocenters. The Morgan fingerprint density at radius 3 is 2.27 bits per heavy atom. The van der Waals surface area contributed by atoms with Gasteiger partial charge in [0.15, 0.2) is 0 Å². The number of rotatable bonds is 5. The zero-order chi connectivity index (χ0) is 17.8. The van der Waals surface area contributed by atoms with E-state index in [1.807, 2.05) is 0 Å². The first kappa shape index (κ1) is 17.1. The lowest BCUT2D eigenvalue weighted by atomic mass is 10.1. The van der Waals surface area contributed by atoms with Gasteiger partial charge in [0.2, 0.25) is 0 Å². The third-order valence-electron chi connectivity index (χ3n) is 5.46. The summed E-state index contributed by atoms with van der Waals surface area (Å²) in [4.78, 5) is 5.17. The second-order valence-corrected chi connectivity index (χ2v) is 7.16. The van der Waals surface area contributed by atoms with Gasteiger partial charge >= 0.3 is 0 Å². The van der Waals surface area contributed by atoms with Gasteiger partial charge in [-0.05, 0) is 42.3 Å². The highest BCUT2D eigenvalue weighted by Crippen LogP contribution is 2.22. The van der Waals surface area contributed by atoms with Crippen molar-refractivity contribution in [2.24, 2.45) is 0 Å². The minimum absolute atomic E-state index is 0.496. The maximum atomic E-state index is 2.60. The van der Waals surface area contributed by atoms with E-state index in [4.69, 9.17) is 0 Å². The van der Waals surface area contributed by atoms with Crippen LogP contribution < -0.4 is 0 Å². The van der Waals surface area contributed by atoms with Gasteiger partial charge in [0.25, 0.3) is 0 Å². The molecule has 2 heterocycles. The average molecular weight is 345 g/mol. The van der Waals surface area contributed by atoms with Gasteiger partial charge in [-0.15, -0.1) is 0 Å². The minimum atomic E-state index is 0.496. The van der Waals surface area contributed by atoms with E-state index in [1.54, 1.807) is 0 Å². The van der Waals surface area contributed by atoms with Crippen LogP contribution in [-0.4, -0.2) is 40.5 Å². The summed E-state index contributed by atoms with van der Waals surface area (Å²) in [7, 11) is 0. The molecule has 0 N–H and O–H groups in total. The Bertz CT molecular complexity index is 802. The SMILES string of the molecule is CC(c1ccccc1)N1CCN(Cc2cccc(-n3cccc3)c2)CC1. The topological polar surface area (TPSA) is 11.4 Å². The van der Waals surface area contributed by atoms with E-state index >= 15 is 0 Å². The number of piperazine rings is 1. The van der Waals surface area contributed by atoms with E-state index in [1.165, 1.54) is 16.8 Å². The van der Waals surface area contributed by atoms with Crippen LogP contribution >= 0.6 is 0 Å². The molecular formula is C23H27N3. The normalized spacial score (nSPS) is 17.3. The Morgan fingerprint density at radius 2 is 1.54 bits per heavy atom. The van der Waals surface area contributed by atoms with Gasteiger partial charge in [0, 0.05) is 56.8 Å². The number of hydrogen-bond acceptors (Lipinski definition) is 2. The molecule has 1 aliphatic rings. The fourth-order valence-electron chi connectivity index (χ4n) is 3.83. The van der Waals surface area contributed by atoms with Gasteiger partial charge in [-0.25, -0.2) is 0 Å². The van der Waals surface area contributed by atoms with Crippen LogP contribution in [0.5, 0.6) is 0 Å². The van der Waals surface area contributed by atoms with Crippen molar-refractivity contribution in [1.29, 1.82) is 0 Å². The summed E-state index contributed by atoms with van der Waals surface area (Å²) in [5, 5.41) is 0. The van der Waals surface area contributed by atoms with Gasteiger partial charge in [0.1, 0.15) is 0 Å². The monoisotopic (exact) mass is 345 g/mol. The third kappa shape index (κ3) is 3.90. The lowest BCUT2D eigenvalue weighted by Gasteiger charge is -2.38. The fourth-order valence-corrected chi connectivity index (χ4v) is 3.83. The van der Waals surface area contributed by atoms with Crippen molar-refractivity contribution in [2.45, 2.75) is 19.5 Å². The number of hydrogen-bond donors (Lipinski definition) is 0. The summed E-state index contributed by atoms with van der Waals surface area (Å²) in [6.07, 6.45) is 4.20. The minimum Gasteiger partial charge on any atom is -0.324 e. The lowest BCUT2D eigenvalue weighted by Crippen LogP contribution is -2.46. The molecular weight excluding hydrogens is 318 g/mol. The molecule has 1 aliphatic heterocycles. The predicted molar refractivity (Wildman–Crippen MR) is 107 cm³/mol. The van der Waals surface area contributed by atoms with Crippen molar-refractivity contribution in [3.8, 4) is 5.69 Å². The summed E-state index contributed by atoms with van der Waals surface area (Å²) in [5.74, 6) is 0. The van der Waals surface area contributed by atoms with E-state index in [0.717, 1.165) is 32.7 Å². The summed E-state index contributed by atoms with van der Waals surface area (Å²) in [5.41, 5.74) is 4.05. The Hall–Kier alpha value is -2.36. The van der Waals surface area contributed by atoms with Crippen molar-refractivity contribution in [1.82, 2.24) is 14.4 Å². The second-order valence-electron chi connectivity index (χ2n) is 7.16. The molecule has 1 fully saturated rings. The van der Waals surface area contributed by atoms with Crippen LogP contribution in [0.4, 0.5) is 0 Å². The Morgan fingerprint density at radius 1 is 0.808 bits per heavy atom. The molecule has 3 aromatic rings. The molecule has 1 saturated heterocycles. The van der Waals surface area contributed by atoms with Crippen LogP contribution in [0.3, 0.4) is 0 Å². The van der Waals surface area contributed by atoms with Crippen molar-refractivity contribution >= 4 is 0 Å². The van der Waals surface area contributed by atoms with Crippen LogP contribution in [0, 0.1) is 0 Å². The standard InChI is InChI=1S/C23H27N3/c1-20(22-9-3-2-4-10-22)25-16-14-24(15-17-25)19-21-8-7-11-23(18-21)26-12-5-6-13-26/h2-13,18,20H,14-17,19H2,1H3. The highest BCUT2D eigenvalue weighted by Gasteiger charge is 2.21. The van der Waals surface area contributed by atoms with Gasteiger partial charge in [0.05, 0.1) is 0 Å². The Balaban J connectivity index is 1.35. The molecule has 4 rings (SSSR count). The summed E-state index contributed by atoms with van der Waals surface area (Å²) in [6, 6.07) is 24.4. The molecule has 134 valence electrons. The van der Waals surface area contributed by atoms with Crippen LogP contribution in [-0.2, 0) is 6.54 Å². The molecule has 2 aromatic carbocycles. The van der Waals surface area contributed by atoms with E-state index in [0.29, 0.717) is 6.04 Å². The fraction of sp³-hybridized carbons (Fsp3) is 0.304. The van der Waals surface area contributed by atoms with Crippen molar-refractivity contribution in [3.05, 3.63) is 90.3 Å². The number of nitrogens with zero attached hydrogens (tertiary/aromatic N) is 3. The van der Waals surface area contributed by atoms with Crippen molar-refractivity contribution in [2.75, 3.05) is 26.2 Å². The molecule has 3 nitrogen and oxygen atoms in total. The third-order valence-corrected chi connectivity index (χ3v) is 5.46. The largest absolute Gasteiger partial charge is 0.324 e. The molecule has 0 bridgehead atoms. The van der Waals surface area contributed by atoms with Crippen LogP contribution in [0.1, 0.15) is 24.1 Å². The molecule has 1 atom stereocenters. The molecule has 1 aromatic heterocycles. The Kier molecular flexibility index (Phi) is 5.19. The van der Waals surface area contributed by atoms with Crippen molar-refractivity contribution in [3.63, 3.8) is 0 Å². The number of benzene rings is 2. The first-order valence-electron chi connectivity index (χ1n) is 9.53. The Labute approximate surface area is 156 Å².